The van der Waals surface area contributed by atoms with Gasteiger partial charge in [-0.3, -0.25) is 13.9 Å². The molecular weight excluding hydrogens is 604 g/mol. The first kappa shape index (κ1) is 31.0. The molecule has 39 heavy (non-hydrogen) atoms. The summed E-state index contributed by atoms with van der Waals surface area (Å²) in [4.78, 5) is 28.6. The number of sulfonamides is 1. The molecule has 7 nitrogen and oxygen atoms in total. The highest BCUT2D eigenvalue weighted by Crippen LogP contribution is 2.28. The van der Waals surface area contributed by atoms with Crippen molar-refractivity contribution >= 4 is 73.9 Å². The Bertz CT molecular complexity index is 1420. The lowest BCUT2D eigenvalue weighted by Crippen LogP contribution is -2.53. The molecule has 1 N–H and O–H groups in total. The Morgan fingerprint density at radius 2 is 1.51 bits per heavy atom. The van der Waals surface area contributed by atoms with Crippen LogP contribution in [0.5, 0.6) is 0 Å². The molecule has 0 spiro atoms. The quantitative estimate of drug-likeness (QED) is 0.288. The minimum absolute atomic E-state index is 0.0295. The van der Waals surface area contributed by atoms with Gasteiger partial charge in [0.25, 0.3) is 0 Å². The number of nitrogens with one attached hydrogen (secondary N) is 1. The van der Waals surface area contributed by atoms with Crippen LogP contribution in [0.2, 0.25) is 20.1 Å². The maximum Gasteiger partial charge on any atom is 0.244 e. The fourth-order valence-electron chi connectivity index (χ4n) is 3.98. The second-order valence-electron chi connectivity index (χ2n) is 8.77. The lowest BCUT2D eigenvalue weighted by molar-refractivity contribution is -0.140. The number of anilines is 1. The molecule has 0 saturated heterocycles. The van der Waals surface area contributed by atoms with Crippen molar-refractivity contribution in [3.63, 3.8) is 0 Å². The zero-order chi connectivity index (χ0) is 28.7. The Balaban J connectivity index is 2.07. The van der Waals surface area contributed by atoms with E-state index in [4.69, 9.17) is 46.4 Å². The summed E-state index contributed by atoms with van der Waals surface area (Å²) < 4.78 is 26.5. The number of nitrogens with zero attached hydrogens (tertiary/aromatic N) is 2. The molecule has 0 heterocycles. The van der Waals surface area contributed by atoms with Crippen LogP contribution in [0.1, 0.15) is 18.1 Å². The lowest BCUT2D eigenvalue weighted by Gasteiger charge is -2.33. The van der Waals surface area contributed by atoms with E-state index in [1.165, 1.54) is 23.1 Å². The van der Waals surface area contributed by atoms with E-state index in [9.17, 15) is 18.0 Å². The van der Waals surface area contributed by atoms with Crippen molar-refractivity contribution in [1.82, 2.24) is 10.2 Å². The fraction of sp³-hybridized carbons (Fsp3) is 0.259. The van der Waals surface area contributed by atoms with Crippen LogP contribution in [-0.4, -0.2) is 50.5 Å². The van der Waals surface area contributed by atoms with Crippen molar-refractivity contribution < 1.29 is 18.0 Å². The van der Waals surface area contributed by atoms with Crippen LogP contribution < -0.4 is 9.62 Å². The standard InChI is InChI=1S/C27H27Cl4N3O4S/c1-3-32-27(36)25(12-18-7-5-4-6-8-18)33(16-19-9-10-23(30)24(31)11-19)26(35)17-34(39(2,37)38)22-14-20(28)13-21(29)15-22/h4-11,13-15,25H,3,12,16-17H2,1-2H3,(H,32,36)/t25-/m1/s1. The molecule has 208 valence electrons. The van der Waals surface area contributed by atoms with Gasteiger partial charge in [0.1, 0.15) is 12.6 Å². The van der Waals surface area contributed by atoms with Crippen molar-refractivity contribution in [2.75, 3.05) is 23.7 Å². The third kappa shape index (κ3) is 8.75. The maximum absolute atomic E-state index is 14.0. The average molecular weight is 631 g/mol. The Kier molecular flexibility index (Phi) is 10.9. The van der Waals surface area contributed by atoms with Gasteiger partial charge in [-0.25, -0.2) is 8.42 Å². The number of amides is 2. The Labute approximate surface area is 248 Å². The molecule has 12 heteroatoms. The van der Waals surface area contributed by atoms with Crippen LogP contribution >= 0.6 is 46.4 Å². The minimum atomic E-state index is -3.95. The van der Waals surface area contributed by atoms with Crippen molar-refractivity contribution in [2.45, 2.75) is 25.9 Å². The summed E-state index contributed by atoms with van der Waals surface area (Å²) in [5.41, 5.74) is 1.55. The summed E-state index contributed by atoms with van der Waals surface area (Å²) in [6, 6.07) is 17.4. The van der Waals surface area contributed by atoms with Gasteiger partial charge in [-0.15, -0.1) is 0 Å². The molecule has 0 aliphatic heterocycles. The number of likely N-dealkylation sites (N-methyl/N-ethyl adjacent to an activating group) is 1. The topological polar surface area (TPSA) is 86.8 Å². The lowest BCUT2D eigenvalue weighted by atomic mass is 10.0. The molecule has 3 aromatic carbocycles. The van der Waals surface area contributed by atoms with Crippen LogP contribution in [0.25, 0.3) is 0 Å². The molecule has 0 fully saturated rings. The van der Waals surface area contributed by atoms with E-state index in [0.29, 0.717) is 17.1 Å². The number of carbonyl (C=O) groups is 2. The number of halogens is 4. The van der Waals surface area contributed by atoms with Gasteiger partial charge in [0, 0.05) is 29.6 Å². The normalized spacial score (nSPS) is 12.1. The predicted molar refractivity (Wildman–Crippen MR) is 158 cm³/mol. The van der Waals surface area contributed by atoms with E-state index in [-0.39, 0.29) is 39.6 Å². The zero-order valence-electron chi connectivity index (χ0n) is 21.2. The number of rotatable bonds is 11. The van der Waals surface area contributed by atoms with E-state index < -0.39 is 28.5 Å². The van der Waals surface area contributed by atoms with Crippen molar-refractivity contribution in [1.29, 1.82) is 0 Å². The molecule has 0 aliphatic carbocycles. The van der Waals surface area contributed by atoms with Gasteiger partial charge in [0.2, 0.25) is 21.8 Å². The first-order chi connectivity index (χ1) is 18.4. The van der Waals surface area contributed by atoms with Crippen LogP contribution in [0, 0.1) is 0 Å². The molecule has 2 amide bonds. The van der Waals surface area contributed by atoms with Crippen LogP contribution in [0.3, 0.4) is 0 Å². The highest BCUT2D eigenvalue weighted by Gasteiger charge is 2.33. The Morgan fingerprint density at radius 3 is 2.08 bits per heavy atom. The van der Waals surface area contributed by atoms with Gasteiger partial charge in [0.15, 0.2) is 0 Å². The largest absolute Gasteiger partial charge is 0.355 e. The van der Waals surface area contributed by atoms with Gasteiger partial charge in [-0.2, -0.15) is 0 Å². The van der Waals surface area contributed by atoms with E-state index in [2.05, 4.69) is 5.32 Å². The first-order valence-electron chi connectivity index (χ1n) is 11.9. The molecule has 0 aromatic heterocycles. The number of carbonyl (C=O) groups excluding carboxylic acids is 2. The third-order valence-electron chi connectivity index (χ3n) is 5.77. The highest BCUT2D eigenvalue weighted by atomic mass is 35.5. The third-order valence-corrected chi connectivity index (χ3v) is 8.09. The second-order valence-corrected chi connectivity index (χ2v) is 12.4. The molecule has 1 atom stereocenters. The van der Waals surface area contributed by atoms with Crippen molar-refractivity contribution in [3.8, 4) is 0 Å². The predicted octanol–water partition coefficient (Wildman–Crippen LogP) is 5.84. The zero-order valence-corrected chi connectivity index (χ0v) is 25.0. The van der Waals surface area contributed by atoms with Crippen LogP contribution in [0.4, 0.5) is 5.69 Å². The summed E-state index contributed by atoms with van der Waals surface area (Å²) >= 11 is 24.5. The molecule has 0 radical (unpaired) electrons. The number of hydrogen-bond donors (Lipinski definition) is 1. The van der Waals surface area contributed by atoms with Crippen LogP contribution in [0.15, 0.2) is 66.7 Å². The molecular formula is C27H27Cl4N3O4S. The summed E-state index contributed by atoms with van der Waals surface area (Å²) in [5, 5.41) is 3.82. The second kappa shape index (κ2) is 13.7. The van der Waals surface area contributed by atoms with E-state index in [0.717, 1.165) is 16.1 Å². The summed E-state index contributed by atoms with van der Waals surface area (Å²) in [6.45, 7) is 1.49. The average Bonchev–Trinajstić information content (AvgIpc) is 2.86. The molecule has 3 aromatic rings. The minimum Gasteiger partial charge on any atom is -0.355 e. The van der Waals surface area contributed by atoms with Crippen molar-refractivity contribution in [3.05, 3.63) is 97.9 Å². The van der Waals surface area contributed by atoms with Crippen molar-refractivity contribution in [2.24, 2.45) is 0 Å². The summed E-state index contributed by atoms with van der Waals surface area (Å²) in [5.74, 6) is -0.999. The Morgan fingerprint density at radius 1 is 0.872 bits per heavy atom. The first-order valence-corrected chi connectivity index (χ1v) is 15.2. The van der Waals surface area contributed by atoms with E-state index in [1.807, 2.05) is 30.3 Å². The Hall–Kier alpha value is -2.49. The monoisotopic (exact) mass is 629 g/mol. The SMILES string of the molecule is CCNC(=O)[C@@H](Cc1ccccc1)N(Cc1ccc(Cl)c(Cl)c1)C(=O)CN(c1cc(Cl)cc(Cl)c1)S(C)(=O)=O. The highest BCUT2D eigenvalue weighted by molar-refractivity contribution is 7.92. The smallest absolute Gasteiger partial charge is 0.244 e. The maximum atomic E-state index is 14.0. The van der Waals surface area contributed by atoms with Gasteiger partial charge in [0.05, 0.1) is 22.0 Å². The molecule has 3 rings (SSSR count). The molecule has 0 aliphatic rings. The van der Waals surface area contributed by atoms with Crippen LogP contribution in [-0.2, 0) is 32.6 Å². The van der Waals surface area contributed by atoms with Gasteiger partial charge < -0.3 is 10.2 Å². The van der Waals surface area contributed by atoms with Gasteiger partial charge >= 0.3 is 0 Å². The fourth-order valence-corrected chi connectivity index (χ4v) is 5.65. The molecule has 0 unspecified atom stereocenters. The van der Waals surface area contributed by atoms with Gasteiger partial charge in [-0.05, 0) is 48.4 Å². The van der Waals surface area contributed by atoms with E-state index in [1.54, 1.807) is 25.1 Å². The van der Waals surface area contributed by atoms with Gasteiger partial charge in [-0.1, -0.05) is 82.8 Å². The van der Waals surface area contributed by atoms with E-state index >= 15 is 0 Å². The number of benzene rings is 3. The summed E-state index contributed by atoms with van der Waals surface area (Å²) in [7, 11) is -3.95. The summed E-state index contributed by atoms with van der Waals surface area (Å²) in [6.07, 6.45) is 1.17. The molecule has 0 saturated carbocycles. The molecule has 0 bridgehead atoms. The number of hydrogen-bond acceptors (Lipinski definition) is 4.